The lowest BCUT2D eigenvalue weighted by Gasteiger charge is -2.09. The third-order valence-corrected chi connectivity index (χ3v) is 5.73. The second-order valence-corrected chi connectivity index (χ2v) is 8.41. The van der Waals surface area contributed by atoms with Gasteiger partial charge < -0.3 is 9.73 Å². The molecule has 0 spiro atoms. The van der Waals surface area contributed by atoms with E-state index in [-0.39, 0.29) is 12.3 Å². The zero-order valence-corrected chi connectivity index (χ0v) is 19.4. The van der Waals surface area contributed by atoms with Crippen molar-refractivity contribution >= 4 is 39.3 Å². The summed E-state index contributed by atoms with van der Waals surface area (Å²) < 4.78 is 8.46. The van der Waals surface area contributed by atoms with Crippen molar-refractivity contribution in [2.24, 2.45) is 7.05 Å². The first-order chi connectivity index (χ1) is 14.9. The lowest BCUT2D eigenvalue weighted by molar-refractivity contribution is -0.116. The Labute approximate surface area is 193 Å². The first kappa shape index (κ1) is 21.3. The van der Waals surface area contributed by atoms with Gasteiger partial charge in [-0.15, -0.1) is 0 Å². The van der Waals surface area contributed by atoms with Crippen LogP contribution in [0, 0.1) is 6.92 Å². The predicted molar refractivity (Wildman–Crippen MR) is 125 cm³/mol. The number of hydrogen-bond acceptors (Lipinski definition) is 4. The fraction of sp³-hybridized carbons (Fsp3) is 0.174. The molecule has 0 aliphatic carbocycles. The van der Waals surface area contributed by atoms with Crippen LogP contribution in [0.2, 0.25) is 5.02 Å². The Kier molecular flexibility index (Phi) is 6.25. The van der Waals surface area contributed by atoms with E-state index in [1.807, 2.05) is 56.4 Å². The minimum absolute atomic E-state index is 0.140. The SMILES string of the molecule is Cc1nn(C)c(NC(=O)CCc2ncc(-c3ccccc3Cl)o2)c1-c1ccc(Br)cc1. The molecule has 0 radical (unpaired) electrons. The second-order valence-electron chi connectivity index (χ2n) is 7.09. The number of nitrogens with one attached hydrogen (secondary N) is 1. The van der Waals surface area contributed by atoms with Crippen LogP contribution < -0.4 is 5.32 Å². The van der Waals surface area contributed by atoms with Crippen molar-refractivity contribution in [2.45, 2.75) is 19.8 Å². The van der Waals surface area contributed by atoms with Gasteiger partial charge in [-0.05, 0) is 36.8 Å². The summed E-state index contributed by atoms with van der Waals surface area (Å²) in [6.45, 7) is 1.93. The first-order valence-corrected chi connectivity index (χ1v) is 10.9. The Morgan fingerprint density at radius 1 is 1.19 bits per heavy atom. The number of nitrogens with zero attached hydrogens (tertiary/aromatic N) is 3. The van der Waals surface area contributed by atoms with Crippen LogP contribution in [0.1, 0.15) is 18.0 Å². The Bertz CT molecular complexity index is 1230. The van der Waals surface area contributed by atoms with Crippen LogP contribution >= 0.6 is 27.5 Å². The number of hydrogen-bond donors (Lipinski definition) is 1. The molecule has 4 rings (SSSR count). The minimum Gasteiger partial charge on any atom is -0.441 e. The maximum Gasteiger partial charge on any atom is 0.226 e. The van der Waals surface area contributed by atoms with Gasteiger partial charge in [0.25, 0.3) is 0 Å². The van der Waals surface area contributed by atoms with E-state index in [9.17, 15) is 4.79 Å². The number of aromatic nitrogens is 3. The molecule has 0 saturated heterocycles. The van der Waals surface area contributed by atoms with Gasteiger partial charge in [0.05, 0.1) is 16.9 Å². The van der Waals surface area contributed by atoms with Gasteiger partial charge in [0.15, 0.2) is 11.7 Å². The zero-order chi connectivity index (χ0) is 22.0. The molecule has 1 N–H and O–H groups in total. The van der Waals surface area contributed by atoms with Gasteiger partial charge in [-0.3, -0.25) is 9.48 Å². The van der Waals surface area contributed by atoms with Crippen molar-refractivity contribution in [1.29, 1.82) is 0 Å². The molecule has 4 aromatic rings. The Morgan fingerprint density at radius 3 is 2.68 bits per heavy atom. The smallest absolute Gasteiger partial charge is 0.226 e. The Morgan fingerprint density at radius 2 is 1.94 bits per heavy atom. The van der Waals surface area contributed by atoms with Gasteiger partial charge in [-0.1, -0.05) is 51.8 Å². The van der Waals surface area contributed by atoms with Crippen molar-refractivity contribution in [1.82, 2.24) is 14.8 Å². The Hall–Kier alpha value is -2.90. The number of amides is 1. The van der Waals surface area contributed by atoms with E-state index in [2.05, 4.69) is 31.3 Å². The summed E-state index contributed by atoms with van der Waals surface area (Å²) in [5, 5.41) is 8.06. The molecular formula is C23H20BrClN4O2. The molecule has 31 heavy (non-hydrogen) atoms. The van der Waals surface area contributed by atoms with E-state index in [4.69, 9.17) is 16.0 Å². The number of halogens is 2. The summed E-state index contributed by atoms with van der Waals surface area (Å²) >= 11 is 9.66. The van der Waals surface area contributed by atoms with Crippen LogP contribution in [0.5, 0.6) is 0 Å². The van der Waals surface area contributed by atoms with Gasteiger partial charge in [0.2, 0.25) is 5.91 Å². The van der Waals surface area contributed by atoms with Gasteiger partial charge in [-0.25, -0.2) is 4.98 Å². The monoisotopic (exact) mass is 498 g/mol. The number of anilines is 1. The number of aryl methyl sites for hydroxylation is 3. The van der Waals surface area contributed by atoms with Gasteiger partial charge in [0, 0.05) is 35.5 Å². The van der Waals surface area contributed by atoms with Crippen LogP contribution in [0.25, 0.3) is 22.5 Å². The lowest BCUT2D eigenvalue weighted by Crippen LogP contribution is -2.15. The van der Waals surface area contributed by atoms with E-state index >= 15 is 0 Å². The largest absolute Gasteiger partial charge is 0.441 e. The molecule has 0 aliphatic rings. The molecule has 8 heteroatoms. The minimum atomic E-state index is -0.140. The molecule has 158 valence electrons. The molecule has 6 nitrogen and oxygen atoms in total. The highest BCUT2D eigenvalue weighted by atomic mass is 79.9. The number of benzene rings is 2. The third kappa shape index (κ3) is 4.73. The van der Waals surface area contributed by atoms with E-state index in [0.29, 0.717) is 28.9 Å². The van der Waals surface area contributed by atoms with Crippen molar-refractivity contribution in [3.8, 4) is 22.5 Å². The molecule has 0 aliphatic heterocycles. The molecule has 2 aromatic carbocycles. The van der Waals surface area contributed by atoms with E-state index in [1.54, 1.807) is 16.9 Å². The zero-order valence-electron chi connectivity index (χ0n) is 17.0. The van der Waals surface area contributed by atoms with Crippen LogP contribution in [0.4, 0.5) is 5.82 Å². The van der Waals surface area contributed by atoms with E-state index in [1.165, 1.54) is 0 Å². The van der Waals surface area contributed by atoms with Crippen LogP contribution in [0.15, 0.2) is 63.6 Å². The highest BCUT2D eigenvalue weighted by molar-refractivity contribution is 9.10. The topological polar surface area (TPSA) is 73.0 Å². The molecule has 0 saturated carbocycles. The van der Waals surface area contributed by atoms with Crippen LogP contribution in [0.3, 0.4) is 0 Å². The maximum absolute atomic E-state index is 12.7. The van der Waals surface area contributed by atoms with Crippen molar-refractivity contribution in [3.63, 3.8) is 0 Å². The average Bonchev–Trinajstić information content (AvgIpc) is 3.32. The molecule has 0 atom stereocenters. The van der Waals surface area contributed by atoms with Crippen molar-refractivity contribution in [2.75, 3.05) is 5.32 Å². The number of rotatable bonds is 6. The fourth-order valence-electron chi connectivity index (χ4n) is 3.39. The number of carbonyl (C=O) groups excluding carboxylic acids is 1. The molecule has 0 unspecified atom stereocenters. The van der Waals surface area contributed by atoms with Crippen LogP contribution in [-0.4, -0.2) is 20.7 Å². The summed E-state index contributed by atoms with van der Waals surface area (Å²) in [6, 6.07) is 15.3. The van der Waals surface area contributed by atoms with Crippen molar-refractivity contribution in [3.05, 3.63) is 75.8 Å². The predicted octanol–water partition coefficient (Wildman–Crippen LogP) is 6.04. The van der Waals surface area contributed by atoms with Gasteiger partial charge >= 0.3 is 0 Å². The Balaban J connectivity index is 1.46. The summed E-state index contributed by atoms with van der Waals surface area (Å²) in [5.74, 6) is 1.59. The van der Waals surface area contributed by atoms with Gasteiger partial charge in [-0.2, -0.15) is 5.10 Å². The van der Waals surface area contributed by atoms with E-state index < -0.39 is 0 Å². The van der Waals surface area contributed by atoms with Crippen molar-refractivity contribution < 1.29 is 9.21 Å². The molecule has 1 amide bonds. The van der Waals surface area contributed by atoms with Gasteiger partial charge in [0.1, 0.15) is 5.82 Å². The normalized spacial score (nSPS) is 11.0. The molecule has 0 fully saturated rings. The van der Waals surface area contributed by atoms with E-state index in [0.717, 1.165) is 26.9 Å². The second kappa shape index (κ2) is 9.08. The first-order valence-electron chi connectivity index (χ1n) is 9.71. The number of carbonyl (C=O) groups is 1. The molecule has 2 aromatic heterocycles. The fourth-order valence-corrected chi connectivity index (χ4v) is 3.88. The summed E-state index contributed by atoms with van der Waals surface area (Å²) in [5.41, 5.74) is 3.51. The van der Waals surface area contributed by atoms with Crippen LogP contribution in [-0.2, 0) is 18.3 Å². The third-order valence-electron chi connectivity index (χ3n) is 4.87. The molecule has 2 heterocycles. The quantitative estimate of drug-likeness (QED) is 0.351. The molecular weight excluding hydrogens is 480 g/mol. The number of oxazole rings is 1. The highest BCUT2D eigenvalue weighted by Gasteiger charge is 2.18. The summed E-state index contributed by atoms with van der Waals surface area (Å²) in [6.07, 6.45) is 2.23. The highest BCUT2D eigenvalue weighted by Crippen LogP contribution is 2.32. The average molecular weight is 500 g/mol. The molecule has 0 bridgehead atoms. The maximum atomic E-state index is 12.7. The summed E-state index contributed by atoms with van der Waals surface area (Å²) in [4.78, 5) is 16.9. The summed E-state index contributed by atoms with van der Waals surface area (Å²) in [7, 11) is 1.81. The lowest BCUT2D eigenvalue weighted by atomic mass is 10.1. The standard InChI is InChI=1S/C23H20BrClN4O2/c1-14-22(15-7-9-16(24)10-8-15)23(29(2)28-14)27-20(30)11-12-21-26-13-19(31-21)17-5-3-4-6-18(17)25/h3-10,13H,11-12H2,1-2H3,(H,27,30).